The lowest BCUT2D eigenvalue weighted by Gasteiger charge is -2.21. The van der Waals surface area contributed by atoms with Crippen molar-refractivity contribution < 1.29 is 14.4 Å². The number of amides is 3. The van der Waals surface area contributed by atoms with Gasteiger partial charge in [-0.1, -0.05) is 17.7 Å². The van der Waals surface area contributed by atoms with Crippen LogP contribution in [0.5, 0.6) is 0 Å². The summed E-state index contributed by atoms with van der Waals surface area (Å²) >= 11 is 1.49. The summed E-state index contributed by atoms with van der Waals surface area (Å²) in [6.45, 7) is 5.89. The summed E-state index contributed by atoms with van der Waals surface area (Å²) in [5.41, 5.74) is 3.92. The second kappa shape index (κ2) is 7.70. The molecule has 1 fully saturated rings. The van der Waals surface area contributed by atoms with Crippen molar-refractivity contribution in [1.29, 1.82) is 0 Å². The zero-order valence-corrected chi connectivity index (χ0v) is 15.3. The topological polar surface area (TPSA) is 69.7 Å². The highest BCUT2D eigenvalue weighted by Gasteiger charge is 2.25. The zero-order valence-electron chi connectivity index (χ0n) is 14.5. The molecular formula is C17H23N3O3S. The molecule has 0 radical (unpaired) electrons. The number of nitrogens with zero attached hydrogens (tertiary/aromatic N) is 2. The second-order valence-corrected chi connectivity index (χ2v) is 7.10. The average molecular weight is 349 g/mol. The van der Waals surface area contributed by atoms with E-state index in [4.69, 9.17) is 0 Å². The van der Waals surface area contributed by atoms with E-state index in [-0.39, 0.29) is 30.8 Å². The van der Waals surface area contributed by atoms with Gasteiger partial charge in [-0.05, 0) is 31.9 Å². The molecule has 0 aromatic heterocycles. The molecule has 24 heavy (non-hydrogen) atoms. The van der Waals surface area contributed by atoms with E-state index in [0.717, 1.165) is 22.4 Å². The van der Waals surface area contributed by atoms with Crippen molar-refractivity contribution in [3.63, 3.8) is 0 Å². The first-order valence-electron chi connectivity index (χ1n) is 7.75. The smallest absolute Gasteiger partial charge is 0.243 e. The number of likely N-dealkylation sites (N-methyl/N-ethyl adjacent to an activating group) is 1. The molecule has 2 rings (SSSR count). The highest BCUT2D eigenvalue weighted by molar-refractivity contribution is 8.00. The minimum atomic E-state index is -0.247. The summed E-state index contributed by atoms with van der Waals surface area (Å²) in [6.07, 6.45) is 0. The van der Waals surface area contributed by atoms with Crippen LogP contribution in [0.3, 0.4) is 0 Å². The molecule has 0 saturated carbocycles. The van der Waals surface area contributed by atoms with E-state index in [0.29, 0.717) is 11.6 Å². The number of hydrogen-bond acceptors (Lipinski definition) is 4. The standard InChI is InChI=1S/C17H23N3O3S/c1-11-5-12(2)17(13(3)6-11)18-14(21)7-19(4)15(22)8-20-10-24-9-16(20)23/h5-6H,7-10H2,1-4H3,(H,18,21). The second-order valence-electron chi connectivity index (χ2n) is 6.14. The SMILES string of the molecule is Cc1cc(C)c(NC(=O)CN(C)C(=O)CN2CSCC2=O)c(C)c1. The number of benzene rings is 1. The van der Waals surface area contributed by atoms with E-state index < -0.39 is 0 Å². The van der Waals surface area contributed by atoms with Gasteiger partial charge < -0.3 is 15.1 Å². The van der Waals surface area contributed by atoms with E-state index in [1.807, 2.05) is 32.9 Å². The first-order valence-corrected chi connectivity index (χ1v) is 8.90. The third kappa shape index (κ3) is 4.50. The molecule has 7 heteroatoms. The Balaban J connectivity index is 1.92. The third-order valence-electron chi connectivity index (χ3n) is 3.90. The molecule has 0 bridgehead atoms. The highest BCUT2D eigenvalue weighted by atomic mass is 32.2. The molecule has 3 amide bonds. The lowest BCUT2D eigenvalue weighted by molar-refractivity contribution is -0.138. The number of aryl methyl sites for hydroxylation is 3. The van der Waals surface area contributed by atoms with Gasteiger partial charge in [-0.2, -0.15) is 0 Å². The Hall–Kier alpha value is -2.02. The molecule has 1 aliphatic rings. The number of rotatable bonds is 5. The van der Waals surface area contributed by atoms with Crippen LogP contribution in [0.15, 0.2) is 12.1 Å². The van der Waals surface area contributed by atoms with Crippen LogP contribution in [0.25, 0.3) is 0 Å². The van der Waals surface area contributed by atoms with Crippen LogP contribution in [-0.2, 0) is 14.4 Å². The molecule has 1 saturated heterocycles. The predicted octanol–water partition coefficient (Wildman–Crippen LogP) is 1.54. The predicted molar refractivity (Wildman–Crippen MR) is 96.0 cm³/mol. The van der Waals surface area contributed by atoms with E-state index in [1.54, 1.807) is 7.05 Å². The molecule has 0 unspecified atom stereocenters. The maximum absolute atomic E-state index is 12.2. The Bertz CT molecular complexity index is 652. The highest BCUT2D eigenvalue weighted by Crippen LogP contribution is 2.21. The minimum Gasteiger partial charge on any atom is -0.335 e. The van der Waals surface area contributed by atoms with Crippen LogP contribution < -0.4 is 5.32 Å². The Morgan fingerprint density at radius 2 is 1.88 bits per heavy atom. The average Bonchev–Trinajstić information content (AvgIpc) is 2.88. The number of carbonyl (C=O) groups excluding carboxylic acids is 3. The monoisotopic (exact) mass is 349 g/mol. The number of anilines is 1. The maximum Gasteiger partial charge on any atom is 0.243 e. The van der Waals surface area contributed by atoms with Crippen molar-refractivity contribution in [3.05, 3.63) is 28.8 Å². The van der Waals surface area contributed by atoms with E-state index in [2.05, 4.69) is 5.32 Å². The lowest BCUT2D eigenvalue weighted by atomic mass is 10.1. The summed E-state index contributed by atoms with van der Waals surface area (Å²) in [4.78, 5) is 38.8. The number of nitrogens with one attached hydrogen (secondary N) is 1. The van der Waals surface area contributed by atoms with Gasteiger partial charge in [0, 0.05) is 12.7 Å². The van der Waals surface area contributed by atoms with Crippen molar-refractivity contribution in [1.82, 2.24) is 9.80 Å². The van der Waals surface area contributed by atoms with Gasteiger partial charge in [-0.15, -0.1) is 11.8 Å². The third-order valence-corrected chi connectivity index (χ3v) is 4.84. The number of thioether (sulfide) groups is 1. The largest absolute Gasteiger partial charge is 0.335 e. The van der Waals surface area contributed by atoms with Crippen LogP contribution in [0.4, 0.5) is 5.69 Å². The molecule has 0 atom stereocenters. The fourth-order valence-electron chi connectivity index (χ4n) is 2.68. The van der Waals surface area contributed by atoms with E-state index in [9.17, 15) is 14.4 Å². The fourth-order valence-corrected chi connectivity index (χ4v) is 3.59. The Kier molecular flexibility index (Phi) is 5.88. The van der Waals surface area contributed by atoms with Gasteiger partial charge in [0.25, 0.3) is 0 Å². The van der Waals surface area contributed by atoms with Crippen molar-refractivity contribution in [2.24, 2.45) is 0 Å². The molecule has 130 valence electrons. The molecule has 1 aromatic carbocycles. The number of carbonyl (C=O) groups is 3. The summed E-state index contributed by atoms with van der Waals surface area (Å²) in [5.74, 6) is 0.439. The molecule has 1 N–H and O–H groups in total. The first-order chi connectivity index (χ1) is 11.3. The zero-order chi connectivity index (χ0) is 17.9. The van der Waals surface area contributed by atoms with Gasteiger partial charge in [0.05, 0.1) is 18.2 Å². The Labute approximate surface area is 146 Å². The fraction of sp³-hybridized carbons (Fsp3) is 0.471. The summed E-state index contributed by atoms with van der Waals surface area (Å²) in [7, 11) is 1.57. The van der Waals surface area contributed by atoms with Gasteiger partial charge in [0.2, 0.25) is 17.7 Å². The van der Waals surface area contributed by atoms with Gasteiger partial charge in [-0.25, -0.2) is 0 Å². The molecule has 0 spiro atoms. The van der Waals surface area contributed by atoms with Crippen LogP contribution in [0.1, 0.15) is 16.7 Å². The Morgan fingerprint density at radius 1 is 1.25 bits per heavy atom. The van der Waals surface area contributed by atoms with Crippen molar-refractivity contribution in [2.75, 3.05) is 37.1 Å². The minimum absolute atomic E-state index is 0.0260. The molecule has 1 aromatic rings. The van der Waals surface area contributed by atoms with Crippen molar-refractivity contribution in [2.45, 2.75) is 20.8 Å². The molecule has 6 nitrogen and oxygen atoms in total. The van der Waals surface area contributed by atoms with Gasteiger partial charge in [-0.3, -0.25) is 14.4 Å². The van der Waals surface area contributed by atoms with Crippen molar-refractivity contribution in [3.8, 4) is 0 Å². The quantitative estimate of drug-likeness (QED) is 0.875. The summed E-state index contributed by atoms with van der Waals surface area (Å²) in [5, 5.41) is 2.88. The van der Waals surface area contributed by atoms with Crippen LogP contribution in [0.2, 0.25) is 0 Å². The normalized spacial score (nSPS) is 14.0. The van der Waals surface area contributed by atoms with Gasteiger partial charge >= 0.3 is 0 Å². The van der Waals surface area contributed by atoms with E-state index >= 15 is 0 Å². The van der Waals surface area contributed by atoms with Crippen LogP contribution in [0, 0.1) is 20.8 Å². The Morgan fingerprint density at radius 3 is 2.42 bits per heavy atom. The lowest BCUT2D eigenvalue weighted by Crippen LogP contribution is -2.42. The molecule has 1 heterocycles. The number of hydrogen-bond donors (Lipinski definition) is 1. The van der Waals surface area contributed by atoms with E-state index in [1.165, 1.54) is 21.6 Å². The van der Waals surface area contributed by atoms with Crippen molar-refractivity contribution >= 4 is 35.2 Å². The summed E-state index contributed by atoms with van der Waals surface area (Å²) in [6, 6.07) is 4.02. The van der Waals surface area contributed by atoms with Crippen LogP contribution >= 0.6 is 11.8 Å². The maximum atomic E-state index is 12.2. The first kappa shape index (κ1) is 18.3. The molecular weight excluding hydrogens is 326 g/mol. The van der Waals surface area contributed by atoms with Gasteiger partial charge in [0.1, 0.15) is 6.54 Å². The molecule has 0 aliphatic carbocycles. The van der Waals surface area contributed by atoms with Gasteiger partial charge in [0.15, 0.2) is 0 Å². The summed E-state index contributed by atoms with van der Waals surface area (Å²) < 4.78 is 0. The molecule has 1 aliphatic heterocycles. The van der Waals surface area contributed by atoms with Crippen LogP contribution in [-0.4, -0.2) is 59.3 Å².